The maximum Gasteiger partial charge on any atom is 0.323 e. The summed E-state index contributed by atoms with van der Waals surface area (Å²) in [6.07, 6.45) is 0.193. The van der Waals surface area contributed by atoms with Crippen molar-refractivity contribution in [1.82, 2.24) is 9.62 Å². The van der Waals surface area contributed by atoms with Gasteiger partial charge in [-0.05, 0) is 46.9 Å². The number of rotatable bonds is 11. The third-order valence-electron chi connectivity index (χ3n) is 6.87. The summed E-state index contributed by atoms with van der Waals surface area (Å²) in [6, 6.07) is 20.4. The lowest BCUT2D eigenvalue weighted by atomic mass is 10.0. The monoisotopic (exact) mass is 635 g/mol. The van der Waals surface area contributed by atoms with E-state index in [-0.39, 0.29) is 42.8 Å². The number of amides is 1. The Kier molecular flexibility index (Phi) is 12.0. The van der Waals surface area contributed by atoms with E-state index in [4.69, 9.17) is 10.5 Å². The van der Waals surface area contributed by atoms with Gasteiger partial charge in [-0.3, -0.25) is 9.59 Å². The van der Waals surface area contributed by atoms with Crippen LogP contribution >= 0.6 is 24.2 Å². The topological polar surface area (TPSA) is 119 Å². The molecule has 0 aliphatic carbocycles. The van der Waals surface area contributed by atoms with E-state index in [0.717, 1.165) is 11.1 Å². The quantitative estimate of drug-likeness (QED) is 0.292. The summed E-state index contributed by atoms with van der Waals surface area (Å²) < 4.78 is 47.3. The molecule has 1 heterocycles. The van der Waals surface area contributed by atoms with E-state index >= 15 is 0 Å². The van der Waals surface area contributed by atoms with Gasteiger partial charge >= 0.3 is 5.97 Å². The van der Waals surface area contributed by atoms with Crippen LogP contribution in [0, 0.1) is 11.7 Å². The van der Waals surface area contributed by atoms with Crippen molar-refractivity contribution in [2.75, 3.05) is 18.9 Å². The fourth-order valence-corrected chi connectivity index (χ4v) is 7.48. The van der Waals surface area contributed by atoms with Crippen molar-refractivity contribution in [1.29, 1.82) is 0 Å². The van der Waals surface area contributed by atoms with E-state index in [0.29, 0.717) is 11.3 Å². The Morgan fingerprint density at radius 2 is 1.64 bits per heavy atom. The van der Waals surface area contributed by atoms with E-state index < -0.39 is 45.2 Å². The molecule has 226 valence electrons. The third-order valence-corrected chi connectivity index (χ3v) is 10.1. The van der Waals surface area contributed by atoms with Gasteiger partial charge in [0, 0.05) is 18.7 Å². The smallest absolute Gasteiger partial charge is 0.323 e. The molecule has 0 radical (unpaired) electrons. The first-order valence-corrected chi connectivity index (χ1v) is 15.8. The zero-order valence-electron chi connectivity index (χ0n) is 23.3. The van der Waals surface area contributed by atoms with Crippen LogP contribution in [0.2, 0.25) is 0 Å². The molecule has 8 nitrogen and oxygen atoms in total. The molecule has 3 N–H and O–H groups in total. The second kappa shape index (κ2) is 15.0. The lowest BCUT2D eigenvalue weighted by Crippen LogP contribution is -2.46. The zero-order chi connectivity index (χ0) is 29.6. The molecule has 3 aromatic carbocycles. The van der Waals surface area contributed by atoms with Crippen LogP contribution in [-0.2, 0) is 24.3 Å². The predicted molar refractivity (Wildman–Crippen MR) is 165 cm³/mol. The number of benzene rings is 3. The zero-order valence-corrected chi connectivity index (χ0v) is 25.8. The highest BCUT2D eigenvalue weighted by atomic mass is 35.5. The highest BCUT2D eigenvalue weighted by molar-refractivity contribution is 8.02. The van der Waals surface area contributed by atoms with Crippen LogP contribution in [0.5, 0.6) is 0 Å². The Hall–Kier alpha value is -2.96. The van der Waals surface area contributed by atoms with E-state index in [9.17, 15) is 22.4 Å². The number of nitrogens with zero attached hydrogens (tertiary/aromatic N) is 1. The number of esters is 1. The van der Waals surface area contributed by atoms with Crippen molar-refractivity contribution in [2.24, 2.45) is 11.7 Å². The number of thioether (sulfide) groups is 1. The van der Waals surface area contributed by atoms with Gasteiger partial charge in [-0.15, -0.1) is 24.2 Å². The number of nitrogens with one attached hydrogen (secondary N) is 1. The molecule has 1 amide bonds. The first kappa shape index (κ1) is 33.5. The molecule has 42 heavy (non-hydrogen) atoms. The maximum atomic E-state index is 13.6. The fourth-order valence-electron chi connectivity index (χ4n) is 4.40. The lowest BCUT2D eigenvalue weighted by Gasteiger charge is -2.26. The van der Waals surface area contributed by atoms with Crippen molar-refractivity contribution >= 4 is 46.1 Å². The van der Waals surface area contributed by atoms with Gasteiger partial charge in [0.25, 0.3) is 0 Å². The van der Waals surface area contributed by atoms with E-state index in [1.54, 1.807) is 24.3 Å². The van der Waals surface area contributed by atoms with E-state index in [1.165, 1.54) is 40.3 Å². The van der Waals surface area contributed by atoms with Crippen LogP contribution in [-0.4, -0.2) is 54.9 Å². The van der Waals surface area contributed by atoms with Crippen LogP contribution in [0.25, 0.3) is 11.1 Å². The van der Waals surface area contributed by atoms with Crippen molar-refractivity contribution in [3.05, 3.63) is 90.2 Å². The van der Waals surface area contributed by atoms with Crippen molar-refractivity contribution in [2.45, 2.75) is 42.6 Å². The van der Waals surface area contributed by atoms with Crippen molar-refractivity contribution < 1.29 is 27.1 Å². The number of carbonyl (C=O) groups is 2. The summed E-state index contributed by atoms with van der Waals surface area (Å²) in [6.45, 7) is 3.76. The number of halogens is 2. The minimum Gasteiger partial charge on any atom is -0.464 e. The molecule has 0 bridgehead atoms. The molecule has 1 aliphatic rings. The Balaban J connectivity index is 0.00000484. The van der Waals surface area contributed by atoms with Crippen LogP contribution in [0.15, 0.2) is 83.8 Å². The molecule has 0 aromatic heterocycles. The van der Waals surface area contributed by atoms with Gasteiger partial charge in [0.05, 0.1) is 17.5 Å². The summed E-state index contributed by atoms with van der Waals surface area (Å²) in [7, 11) is -3.96. The molecular formula is C30H35ClFN3O5S2. The maximum absolute atomic E-state index is 13.6. The summed E-state index contributed by atoms with van der Waals surface area (Å²) in [5.41, 5.74) is 8.30. The minimum absolute atomic E-state index is 0. The molecule has 4 rings (SSSR count). The Bertz CT molecular complexity index is 1440. The van der Waals surface area contributed by atoms with Crippen LogP contribution in [0.1, 0.15) is 31.9 Å². The molecule has 3 aromatic rings. The summed E-state index contributed by atoms with van der Waals surface area (Å²) in [4.78, 5) is 25.8. The summed E-state index contributed by atoms with van der Waals surface area (Å²) in [5.74, 6) is -1.14. The molecule has 1 aliphatic heterocycles. The average molecular weight is 636 g/mol. The van der Waals surface area contributed by atoms with Gasteiger partial charge in [-0.2, -0.15) is 4.31 Å². The first-order valence-electron chi connectivity index (χ1n) is 13.3. The number of hydrogen-bond acceptors (Lipinski definition) is 7. The van der Waals surface area contributed by atoms with Gasteiger partial charge < -0.3 is 15.8 Å². The molecule has 1 saturated heterocycles. The average Bonchev–Trinajstić information content (AvgIpc) is 3.48. The molecule has 3 atom stereocenters. The Morgan fingerprint density at radius 3 is 2.26 bits per heavy atom. The molecule has 1 fully saturated rings. The largest absolute Gasteiger partial charge is 0.464 e. The Labute approximate surface area is 256 Å². The summed E-state index contributed by atoms with van der Waals surface area (Å²) >= 11 is 1.23. The van der Waals surface area contributed by atoms with Crippen LogP contribution in [0.4, 0.5) is 4.39 Å². The normalized spacial score (nSPS) is 16.8. The van der Waals surface area contributed by atoms with Crippen molar-refractivity contribution in [3.63, 3.8) is 0 Å². The second-order valence-electron chi connectivity index (χ2n) is 10.1. The standard InChI is InChI=1S/C30H34FN3O5S2.ClH/c1-20(2)27(32)30(36)39-18-16-26(23-8-12-24(31)13-9-23)33-28(35)29-34(17-19-40-29)41(37,38)25-14-10-22(11-15-25)21-6-4-3-5-7-21;/h3-15,20,26-27,29H,16-19,32H2,1-2H3,(H,33,35);1H/t26?,27?,29-;/m0./s1. The second-order valence-corrected chi connectivity index (χ2v) is 13.1. The van der Waals surface area contributed by atoms with Gasteiger partial charge in [0.1, 0.15) is 17.2 Å². The van der Waals surface area contributed by atoms with Gasteiger partial charge in [0.15, 0.2) is 0 Å². The lowest BCUT2D eigenvalue weighted by molar-refractivity contribution is -0.146. The number of nitrogens with two attached hydrogens (primary N) is 1. The predicted octanol–water partition coefficient (Wildman–Crippen LogP) is 4.75. The highest BCUT2D eigenvalue weighted by Crippen LogP contribution is 2.32. The number of ether oxygens (including phenoxy) is 1. The van der Waals surface area contributed by atoms with Gasteiger partial charge in [-0.1, -0.05) is 68.4 Å². The SMILES string of the molecule is CC(C)C(N)C(=O)OCCC(NC(=O)[C@@H]1SCCN1S(=O)(=O)c1ccc(-c2ccccc2)cc1)c1ccc(F)cc1.Cl. The van der Waals surface area contributed by atoms with E-state index in [1.807, 2.05) is 44.2 Å². The molecule has 12 heteroatoms. The third kappa shape index (κ3) is 8.11. The molecule has 0 saturated carbocycles. The van der Waals surface area contributed by atoms with Gasteiger partial charge in [-0.25, -0.2) is 12.8 Å². The molecular weight excluding hydrogens is 601 g/mol. The Morgan fingerprint density at radius 1 is 1.02 bits per heavy atom. The van der Waals surface area contributed by atoms with E-state index in [2.05, 4.69) is 5.32 Å². The van der Waals surface area contributed by atoms with Crippen molar-refractivity contribution in [3.8, 4) is 11.1 Å². The number of hydrogen-bond donors (Lipinski definition) is 2. The first-order chi connectivity index (χ1) is 19.6. The molecule has 2 unspecified atom stereocenters. The number of sulfonamides is 1. The minimum atomic E-state index is -3.96. The van der Waals surface area contributed by atoms with Crippen LogP contribution < -0.4 is 11.1 Å². The van der Waals surface area contributed by atoms with Gasteiger partial charge in [0.2, 0.25) is 15.9 Å². The highest BCUT2D eigenvalue weighted by Gasteiger charge is 2.40. The molecule has 0 spiro atoms. The van der Waals surface area contributed by atoms with Crippen LogP contribution in [0.3, 0.4) is 0 Å². The summed E-state index contributed by atoms with van der Waals surface area (Å²) in [5, 5.41) is 1.90. The fraction of sp³-hybridized carbons (Fsp3) is 0.333. The number of carbonyl (C=O) groups excluding carboxylic acids is 2.